The monoisotopic (exact) mass is 449 g/mol. The summed E-state index contributed by atoms with van der Waals surface area (Å²) >= 11 is 6.46. The van der Waals surface area contributed by atoms with Gasteiger partial charge in [-0.05, 0) is 37.6 Å². The first kappa shape index (κ1) is 22.7. The largest absolute Gasteiger partial charge is 0.487 e. The van der Waals surface area contributed by atoms with Crippen molar-refractivity contribution in [1.29, 1.82) is 10.5 Å². The molecule has 32 heavy (non-hydrogen) atoms. The zero-order valence-corrected chi connectivity index (χ0v) is 18.3. The van der Waals surface area contributed by atoms with Crippen LogP contribution in [-0.4, -0.2) is 12.6 Å². The molecule has 8 heteroatoms. The van der Waals surface area contributed by atoms with E-state index < -0.39 is 11.9 Å². The van der Waals surface area contributed by atoms with Crippen LogP contribution >= 0.6 is 11.6 Å². The van der Waals surface area contributed by atoms with Gasteiger partial charge in [0.15, 0.2) is 0 Å². The summed E-state index contributed by atoms with van der Waals surface area (Å²) in [6.45, 7) is 3.60. The molecule has 1 unspecified atom stereocenters. The smallest absolute Gasteiger partial charge is 0.338 e. The third-order valence-corrected chi connectivity index (χ3v) is 5.21. The molecule has 2 aromatic carbocycles. The van der Waals surface area contributed by atoms with Crippen molar-refractivity contribution in [1.82, 2.24) is 0 Å². The molecule has 0 saturated heterocycles. The number of hydrogen-bond acceptors (Lipinski definition) is 7. The average Bonchev–Trinajstić information content (AvgIpc) is 2.78. The van der Waals surface area contributed by atoms with Crippen LogP contribution in [-0.2, 0) is 20.9 Å². The molecule has 7 nitrogen and oxygen atoms in total. The summed E-state index contributed by atoms with van der Waals surface area (Å²) in [6.07, 6.45) is 0. The molecular weight excluding hydrogens is 430 g/mol. The maximum absolute atomic E-state index is 12.6. The summed E-state index contributed by atoms with van der Waals surface area (Å²) in [5.74, 6) is -0.815. The van der Waals surface area contributed by atoms with Crippen molar-refractivity contribution in [2.45, 2.75) is 26.4 Å². The number of benzene rings is 2. The lowest BCUT2D eigenvalue weighted by Crippen LogP contribution is -2.25. The molecule has 0 aliphatic carbocycles. The molecule has 2 N–H and O–H groups in total. The SMILES string of the molecule is CCOC(=O)C1=C(C)OC(N)=C(C#N)C1c1ccc(OCc2ccccc2C#N)c(Cl)c1. The van der Waals surface area contributed by atoms with Gasteiger partial charge < -0.3 is 19.9 Å². The average molecular weight is 450 g/mol. The fraction of sp³-hybridized carbons (Fsp3) is 0.208. The number of ether oxygens (including phenoxy) is 3. The zero-order valence-electron chi connectivity index (χ0n) is 17.5. The number of esters is 1. The lowest BCUT2D eigenvalue weighted by atomic mass is 9.83. The lowest BCUT2D eigenvalue weighted by Gasteiger charge is -2.27. The molecule has 1 atom stereocenters. The van der Waals surface area contributed by atoms with Gasteiger partial charge in [-0.25, -0.2) is 4.79 Å². The number of carbonyl (C=O) groups is 1. The van der Waals surface area contributed by atoms with Crippen molar-refractivity contribution >= 4 is 17.6 Å². The first-order valence-corrected chi connectivity index (χ1v) is 10.1. The van der Waals surface area contributed by atoms with Crippen LogP contribution in [0.2, 0.25) is 5.02 Å². The van der Waals surface area contributed by atoms with Gasteiger partial charge in [0.05, 0.1) is 34.8 Å². The highest BCUT2D eigenvalue weighted by Crippen LogP contribution is 2.41. The van der Waals surface area contributed by atoms with Gasteiger partial charge in [-0.2, -0.15) is 10.5 Å². The Hall–Kier alpha value is -3.94. The maximum Gasteiger partial charge on any atom is 0.338 e. The van der Waals surface area contributed by atoms with Gasteiger partial charge in [-0.15, -0.1) is 0 Å². The number of rotatable bonds is 6. The molecule has 0 bridgehead atoms. The summed E-state index contributed by atoms with van der Waals surface area (Å²) in [4.78, 5) is 12.6. The van der Waals surface area contributed by atoms with Crippen LogP contribution in [0.1, 0.15) is 36.5 Å². The van der Waals surface area contributed by atoms with Gasteiger partial charge in [0.25, 0.3) is 0 Å². The second-order valence-electron chi connectivity index (χ2n) is 6.86. The van der Waals surface area contributed by atoms with Crippen molar-refractivity contribution in [2.75, 3.05) is 6.61 Å². The number of nitrogens with two attached hydrogens (primary N) is 1. The van der Waals surface area contributed by atoms with E-state index in [1.807, 2.05) is 12.1 Å². The number of nitriles is 2. The van der Waals surface area contributed by atoms with Gasteiger partial charge in [0.2, 0.25) is 5.88 Å². The molecule has 0 spiro atoms. The van der Waals surface area contributed by atoms with Crippen LogP contribution in [0.3, 0.4) is 0 Å². The predicted molar refractivity (Wildman–Crippen MR) is 117 cm³/mol. The number of halogens is 1. The third-order valence-electron chi connectivity index (χ3n) is 4.91. The summed E-state index contributed by atoms with van der Waals surface area (Å²) < 4.78 is 16.4. The molecule has 2 aromatic rings. The standard InChI is InChI=1S/C24H20ClN3O4/c1-3-30-24(29)21-14(2)32-23(28)18(12-27)22(21)15-8-9-20(19(25)10-15)31-13-17-7-5-4-6-16(17)11-26/h4-10,22H,3,13,28H2,1-2H3. The van der Waals surface area contributed by atoms with E-state index in [-0.39, 0.29) is 41.0 Å². The summed E-state index contributed by atoms with van der Waals surface area (Å²) in [6, 6.07) is 16.2. The molecule has 3 rings (SSSR count). The second-order valence-corrected chi connectivity index (χ2v) is 7.27. The Morgan fingerprint density at radius 2 is 1.97 bits per heavy atom. The molecule has 0 saturated carbocycles. The van der Waals surface area contributed by atoms with Crippen molar-refractivity contribution in [3.63, 3.8) is 0 Å². The lowest BCUT2D eigenvalue weighted by molar-refractivity contribution is -0.139. The minimum Gasteiger partial charge on any atom is -0.487 e. The van der Waals surface area contributed by atoms with E-state index in [1.54, 1.807) is 50.2 Å². The Morgan fingerprint density at radius 3 is 2.62 bits per heavy atom. The molecule has 162 valence electrons. The van der Waals surface area contributed by atoms with E-state index in [0.29, 0.717) is 16.9 Å². The molecular formula is C24H20ClN3O4. The van der Waals surface area contributed by atoms with Gasteiger partial charge in [-0.3, -0.25) is 0 Å². The molecule has 1 heterocycles. The van der Waals surface area contributed by atoms with E-state index in [2.05, 4.69) is 6.07 Å². The summed E-state index contributed by atoms with van der Waals surface area (Å²) in [5.41, 5.74) is 7.99. The van der Waals surface area contributed by atoms with E-state index in [0.717, 1.165) is 5.56 Å². The highest BCUT2D eigenvalue weighted by molar-refractivity contribution is 6.32. The van der Waals surface area contributed by atoms with Crippen LogP contribution in [0.25, 0.3) is 0 Å². The summed E-state index contributed by atoms with van der Waals surface area (Å²) in [5, 5.41) is 19.2. The Bertz CT molecular complexity index is 1200. The van der Waals surface area contributed by atoms with Gasteiger partial charge in [-0.1, -0.05) is 35.9 Å². The van der Waals surface area contributed by atoms with Gasteiger partial charge in [0.1, 0.15) is 29.8 Å². The quantitative estimate of drug-likeness (QED) is 0.647. The van der Waals surface area contributed by atoms with E-state index in [4.69, 9.17) is 31.5 Å². The Balaban J connectivity index is 1.94. The Labute approximate surface area is 190 Å². The molecule has 1 aliphatic rings. The van der Waals surface area contributed by atoms with Crippen LogP contribution in [0.15, 0.2) is 65.3 Å². The van der Waals surface area contributed by atoms with Crippen molar-refractivity contribution < 1.29 is 19.0 Å². The zero-order chi connectivity index (χ0) is 23.3. The van der Waals surface area contributed by atoms with Crippen molar-refractivity contribution in [2.24, 2.45) is 5.73 Å². The first-order chi connectivity index (χ1) is 15.4. The number of allylic oxidation sites excluding steroid dienone is 2. The van der Waals surface area contributed by atoms with Crippen molar-refractivity contribution in [3.05, 3.63) is 87.0 Å². The molecule has 1 aliphatic heterocycles. The molecule has 0 aromatic heterocycles. The van der Waals surface area contributed by atoms with E-state index in [9.17, 15) is 15.3 Å². The minimum atomic E-state index is -0.793. The summed E-state index contributed by atoms with van der Waals surface area (Å²) in [7, 11) is 0. The molecule has 0 amide bonds. The number of nitrogens with zero attached hydrogens (tertiary/aromatic N) is 2. The number of hydrogen-bond donors (Lipinski definition) is 1. The Kier molecular flexibility index (Phi) is 7.04. The highest BCUT2D eigenvalue weighted by Gasteiger charge is 2.36. The first-order valence-electron chi connectivity index (χ1n) is 9.76. The van der Waals surface area contributed by atoms with Crippen LogP contribution in [0.4, 0.5) is 0 Å². The third kappa shape index (κ3) is 4.54. The fourth-order valence-electron chi connectivity index (χ4n) is 3.41. The minimum absolute atomic E-state index is 0.0763. The maximum atomic E-state index is 12.6. The van der Waals surface area contributed by atoms with Crippen molar-refractivity contribution in [3.8, 4) is 17.9 Å². The second kappa shape index (κ2) is 9.91. The van der Waals surface area contributed by atoms with E-state index in [1.165, 1.54) is 0 Å². The topological polar surface area (TPSA) is 118 Å². The van der Waals surface area contributed by atoms with E-state index >= 15 is 0 Å². The highest BCUT2D eigenvalue weighted by atomic mass is 35.5. The normalized spacial score (nSPS) is 15.5. The fourth-order valence-corrected chi connectivity index (χ4v) is 3.66. The van der Waals surface area contributed by atoms with Gasteiger partial charge >= 0.3 is 5.97 Å². The number of carbonyl (C=O) groups excluding carboxylic acids is 1. The van der Waals surface area contributed by atoms with Crippen LogP contribution in [0, 0.1) is 22.7 Å². The van der Waals surface area contributed by atoms with Gasteiger partial charge in [0, 0.05) is 5.56 Å². The predicted octanol–water partition coefficient (Wildman–Crippen LogP) is 4.44. The Morgan fingerprint density at radius 1 is 1.22 bits per heavy atom. The van der Waals surface area contributed by atoms with Crippen LogP contribution < -0.4 is 10.5 Å². The molecule has 0 radical (unpaired) electrons. The van der Waals surface area contributed by atoms with Crippen LogP contribution in [0.5, 0.6) is 5.75 Å². The molecule has 0 fully saturated rings.